The van der Waals surface area contributed by atoms with Crippen molar-refractivity contribution in [3.05, 3.63) is 65.2 Å². The molecular formula is C20H26N2O3S. The highest BCUT2D eigenvalue weighted by Crippen LogP contribution is 2.15. The molecule has 6 heteroatoms. The average molecular weight is 375 g/mol. The van der Waals surface area contributed by atoms with Crippen molar-refractivity contribution in [3.8, 4) is 0 Å². The number of amides is 1. The number of carbonyl (C=O) groups excluding carboxylic acids is 1. The molecule has 5 nitrogen and oxygen atoms in total. The fraction of sp³-hybridized carbons (Fsp3) is 0.350. The molecule has 1 amide bonds. The maximum absolute atomic E-state index is 12.5. The Morgan fingerprint density at radius 2 is 1.69 bits per heavy atom. The molecule has 26 heavy (non-hydrogen) atoms. The van der Waals surface area contributed by atoms with Gasteiger partial charge in [0.05, 0.1) is 4.90 Å². The molecule has 2 rings (SSSR count). The van der Waals surface area contributed by atoms with Gasteiger partial charge in [-0.25, -0.2) is 13.1 Å². The molecule has 2 aromatic carbocycles. The smallest absolute Gasteiger partial charge is 0.251 e. The lowest BCUT2D eigenvalue weighted by Gasteiger charge is -2.12. The second-order valence-corrected chi connectivity index (χ2v) is 8.35. The molecule has 0 saturated heterocycles. The fourth-order valence-electron chi connectivity index (χ4n) is 2.70. The predicted molar refractivity (Wildman–Crippen MR) is 103 cm³/mol. The molecular weight excluding hydrogens is 348 g/mol. The Morgan fingerprint density at radius 3 is 2.31 bits per heavy atom. The van der Waals surface area contributed by atoms with Crippen LogP contribution in [0.3, 0.4) is 0 Å². The number of sulfonamides is 1. The summed E-state index contributed by atoms with van der Waals surface area (Å²) in [5.74, 6) is 0.348. The molecule has 2 aromatic rings. The zero-order valence-corrected chi connectivity index (χ0v) is 16.3. The summed E-state index contributed by atoms with van der Waals surface area (Å²) >= 11 is 0. The van der Waals surface area contributed by atoms with Gasteiger partial charge in [0.2, 0.25) is 10.0 Å². The van der Waals surface area contributed by atoms with Gasteiger partial charge in [-0.05, 0) is 41.7 Å². The van der Waals surface area contributed by atoms with Crippen LogP contribution >= 0.6 is 0 Å². The summed E-state index contributed by atoms with van der Waals surface area (Å²) in [6.07, 6.45) is 0.848. The van der Waals surface area contributed by atoms with Gasteiger partial charge in [-0.3, -0.25) is 4.79 Å². The van der Waals surface area contributed by atoms with E-state index in [1.807, 2.05) is 24.3 Å². The first kappa shape index (κ1) is 20.1. The molecule has 0 radical (unpaired) electrons. The van der Waals surface area contributed by atoms with E-state index in [-0.39, 0.29) is 10.8 Å². The van der Waals surface area contributed by atoms with Crippen LogP contribution in [0.15, 0.2) is 53.4 Å². The third kappa shape index (κ3) is 5.41. The van der Waals surface area contributed by atoms with E-state index in [1.54, 1.807) is 31.2 Å². The first-order chi connectivity index (χ1) is 12.3. The molecule has 0 heterocycles. The van der Waals surface area contributed by atoms with Crippen molar-refractivity contribution >= 4 is 15.9 Å². The normalized spacial score (nSPS) is 11.5. The highest BCUT2D eigenvalue weighted by Gasteiger charge is 2.13. The third-order valence-corrected chi connectivity index (χ3v) is 5.47. The zero-order chi connectivity index (χ0) is 19.2. The van der Waals surface area contributed by atoms with Crippen molar-refractivity contribution in [2.24, 2.45) is 5.92 Å². The molecule has 0 aliphatic carbocycles. The molecule has 0 spiro atoms. The minimum absolute atomic E-state index is 0.120. The standard InChI is InChI=1S/C20H26N2O3S/c1-4-22-26(24,25)18-11-9-16(10-12-18)14-21-20(23)19-8-6-5-7-17(19)13-15(2)3/h5-12,15,22H,4,13-14H2,1-3H3,(H,21,23). The Bertz CT molecular complexity index is 844. The van der Waals surface area contributed by atoms with Crippen LogP contribution in [0.1, 0.15) is 42.3 Å². The zero-order valence-electron chi connectivity index (χ0n) is 15.5. The van der Waals surface area contributed by atoms with Gasteiger partial charge in [-0.15, -0.1) is 0 Å². The van der Waals surface area contributed by atoms with Gasteiger partial charge in [0.1, 0.15) is 0 Å². The van der Waals surface area contributed by atoms with Gasteiger partial charge in [0, 0.05) is 18.7 Å². The molecule has 0 aromatic heterocycles. The summed E-state index contributed by atoms with van der Waals surface area (Å²) in [5, 5.41) is 2.91. The Labute approximate surface area is 155 Å². The van der Waals surface area contributed by atoms with Crippen molar-refractivity contribution in [2.75, 3.05) is 6.54 Å². The molecule has 0 aliphatic rings. The summed E-state index contributed by atoms with van der Waals surface area (Å²) in [6, 6.07) is 14.1. The summed E-state index contributed by atoms with van der Waals surface area (Å²) < 4.78 is 26.3. The molecule has 0 fully saturated rings. The first-order valence-corrected chi connectivity index (χ1v) is 10.3. The van der Waals surface area contributed by atoms with Crippen LogP contribution in [0.2, 0.25) is 0 Å². The largest absolute Gasteiger partial charge is 0.348 e. The van der Waals surface area contributed by atoms with Crippen LogP contribution < -0.4 is 10.0 Å². The molecule has 0 atom stereocenters. The second-order valence-electron chi connectivity index (χ2n) is 6.58. The van der Waals surface area contributed by atoms with Gasteiger partial charge in [0.15, 0.2) is 0 Å². The van der Waals surface area contributed by atoms with E-state index in [0.717, 1.165) is 17.5 Å². The van der Waals surface area contributed by atoms with Gasteiger partial charge >= 0.3 is 0 Å². The van der Waals surface area contributed by atoms with Gasteiger partial charge in [-0.2, -0.15) is 0 Å². The minimum atomic E-state index is -3.46. The van der Waals surface area contributed by atoms with E-state index < -0.39 is 10.0 Å². The number of rotatable bonds is 8. The van der Waals surface area contributed by atoms with E-state index in [9.17, 15) is 13.2 Å². The molecule has 0 aliphatic heterocycles. The quantitative estimate of drug-likeness (QED) is 0.745. The molecule has 140 valence electrons. The second kappa shape index (κ2) is 8.96. The lowest BCUT2D eigenvalue weighted by Crippen LogP contribution is -2.25. The van der Waals surface area contributed by atoms with E-state index >= 15 is 0 Å². The summed E-state index contributed by atoms with van der Waals surface area (Å²) in [7, 11) is -3.46. The van der Waals surface area contributed by atoms with Crippen LogP contribution in [-0.2, 0) is 23.0 Å². The maximum Gasteiger partial charge on any atom is 0.251 e. The Balaban J connectivity index is 2.04. The van der Waals surface area contributed by atoms with Crippen LogP contribution in [0.25, 0.3) is 0 Å². The van der Waals surface area contributed by atoms with Crippen molar-refractivity contribution in [1.29, 1.82) is 0 Å². The third-order valence-electron chi connectivity index (χ3n) is 3.91. The number of nitrogens with one attached hydrogen (secondary N) is 2. The van der Waals surface area contributed by atoms with Crippen molar-refractivity contribution in [1.82, 2.24) is 10.0 Å². The van der Waals surface area contributed by atoms with E-state index in [2.05, 4.69) is 23.9 Å². The Hall–Kier alpha value is -2.18. The average Bonchev–Trinajstić information content (AvgIpc) is 2.60. The van der Waals surface area contributed by atoms with Crippen molar-refractivity contribution in [3.63, 3.8) is 0 Å². The maximum atomic E-state index is 12.5. The summed E-state index contributed by atoms with van der Waals surface area (Å²) in [6.45, 7) is 6.67. The number of carbonyl (C=O) groups is 1. The van der Waals surface area contributed by atoms with Crippen LogP contribution in [0.5, 0.6) is 0 Å². The molecule has 0 bridgehead atoms. The molecule has 2 N–H and O–H groups in total. The highest BCUT2D eigenvalue weighted by molar-refractivity contribution is 7.89. The predicted octanol–water partition coefficient (Wildman–Crippen LogP) is 3.11. The van der Waals surface area contributed by atoms with Crippen LogP contribution in [0.4, 0.5) is 0 Å². The topological polar surface area (TPSA) is 75.3 Å². The lowest BCUT2D eigenvalue weighted by molar-refractivity contribution is 0.0950. The van der Waals surface area contributed by atoms with Gasteiger partial charge < -0.3 is 5.32 Å². The monoisotopic (exact) mass is 374 g/mol. The minimum Gasteiger partial charge on any atom is -0.348 e. The van der Waals surface area contributed by atoms with Gasteiger partial charge in [-0.1, -0.05) is 51.1 Å². The van der Waals surface area contributed by atoms with Gasteiger partial charge in [0.25, 0.3) is 5.91 Å². The SMILES string of the molecule is CCNS(=O)(=O)c1ccc(CNC(=O)c2ccccc2CC(C)C)cc1. The van der Waals surface area contributed by atoms with E-state index in [1.165, 1.54) is 0 Å². The number of hydrogen-bond acceptors (Lipinski definition) is 3. The van der Waals surface area contributed by atoms with Crippen LogP contribution in [-0.4, -0.2) is 20.9 Å². The Morgan fingerprint density at radius 1 is 1.04 bits per heavy atom. The first-order valence-electron chi connectivity index (χ1n) is 8.78. The molecule has 0 unspecified atom stereocenters. The summed E-state index contributed by atoms with van der Waals surface area (Å²) in [5.41, 5.74) is 2.56. The highest BCUT2D eigenvalue weighted by atomic mass is 32.2. The van der Waals surface area contributed by atoms with E-state index in [0.29, 0.717) is 24.6 Å². The fourth-order valence-corrected chi connectivity index (χ4v) is 3.74. The number of hydrogen-bond donors (Lipinski definition) is 2. The lowest BCUT2D eigenvalue weighted by atomic mass is 9.97. The summed E-state index contributed by atoms with van der Waals surface area (Å²) in [4.78, 5) is 12.7. The Kier molecular flexibility index (Phi) is 6.94. The van der Waals surface area contributed by atoms with Crippen molar-refractivity contribution < 1.29 is 13.2 Å². The van der Waals surface area contributed by atoms with E-state index in [4.69, 9.17) is 0 Å². The van der Waals surface area contributed by atoms with Crippen molar-refractivity contribution in [2.45, 2.75) is 38.6 Å². The number of benzene rings is 2. The molecule has 0 saturated carbocycles. The van der Waals surface area contributed by atoms with Crippen LogP contribution in [0, 0.1) is 5.92 Å².